The molecule has 2 aromatic rings. The van der Waals surface area contributed by atoms with Crippen LogP contribution in [0.5, 0.6) is 0 Å². The predicted octanol–water partition coefficient (Wildman–Crippen LogP) is 2.81. The van der Waals surface area contributed by atoms with E-state index >= 15 is 0 Å². The molecule has 0 fully saturated rings. The van der Waals surface area contributed by atoms with Crippen LogP contribution in [-0.4, -0.2) is 9.97 Å². The van der Waals surface area contributed by atoms with E-state index < -0.39 is 5.82 Å². The fourth-order valence-electron chi connectivity index (χ4n) is 1.33. The van der Waals surface area contributed by atoms with Gasteiger partial charge in [-0.3, -0.25) is 9.97 Å². The van der Waals surface area contributed by atoms with Crippen LogP contribution < -0.4 is 0 Å². The SMILES string of the molecule is N#Cc1cncc(Cl)c1-c1ncccc1F. The lowest BCUT2D eigenvalue weighted by atomic mass is 10.1. The molecule has 0 saturated heterocycles. The molecule has 0 N–H and O–H groups in total. The summed E-state index contributed by atoms with van der Waals surface area (Å²) < 4.78 is 13.5. The Kier molecular flexibility index (Phi) is 2.80. The van der Waals surface area contributed by atoms with Crippen LogP contribution >= 0.6 is 11.6 Å². The lowest BCUT2D eigenvalue weighted by Crippen LogP contribution is -1.93. The van der Waals surface area contributed by atoms with Crippen LogP contribution in [0, 0.1) is 17.1 Å². The van der Waals surface area contributed by atoms with E-state index in [0.717, 1.165) is 0 Å². The summed E-state index contributed by atoms with van der Waals surface area (Å²) in [5, 5.41) is 9.10. The second kappa shape index (κ2) is 4.25. The summed E-state index contributed by atoms with van der Waals surface area (Å²) in [6.45, 7) is 0. The predicted molar refractivity (Wildman–Crippen MR) is 57.2 cm³/mol. The molecule has 0 aliphatic rings. The lowest BCUT2D eigenvalue weighted by Gasteiger charge is -2.05. The maximum atomic E-state index is 13.5. The zero-order valence-corrected chi connectivity index (χ0v) is 8.74. The van der Waals surface area contributed by atoms with Crippen LogP contribution in [0.15, 0.2) is 30.7 Å². The zero-order chi connectivity index (χ0) is 11.5. The van der Waals surface area contributed by atoms with E-state index in [2.05, 4.69) is 9.97 Å². The molecule has 0 radical (unpaired) electrons. The van der Waals surface area contributed by atoms with Gasteiger partial charge in [-0.25, -0.2) is 4.39 Å². The molecule has 0 unspecified atom stereocenters. The Morgan fingerprint density at radius 2 is 2.19 bits per heavy atom. The van der Waals surface area contributed by atoms with Crippen LogP contribution in [0.4, 0.5) is 4.39 Å². The first kappa shape index (κ1) is 10.5. The highest BCUT2D eigenvalue weighted by Crippen LogP contribution is 2.30. The van der Waals surface area contributed by atoms with Gasteiger partial charge in [0.05, 0.1) is 10.6 Å². The normalized spacial score (nSPS) is 9.81. The van der Waals surface area contributed by atoms with E-state index in [0.29, 0.717) is 0 Å². The quantitative estimate of drug-likeness (QED) is 0.761. The van der Waals surface area contributed by atoms with Gasteiger partial charge >= 0.3 is 0 Å². The van der Waals surface area contributed by atoms with Crippen molar-refractivity contribution in [3.8, 4) is 17.3 Å². The molecule has 2 heterocycles. The van der Waals surface area contributed by atoms with E-state index in [4.69, 9.17) is 16.9 Å². The maximum absolute atomic E-state index is 13.5. The summed E-state index contributed by atoms with van der Waals surface area (Å²) in [5.74, 6) is -0.521. The van der Waals surface area contributed by atoms with Gasteiger partial charge < -0.3 is 0 Å². The highest BCUT2D eigenvalue weighted by molar-refractivity contribution is 6.33. The van der Waals surface area contributed by atoms with Crippen molar-refractivity contribution in [1.29, 1.82) is 5.26 Å². The summed E-state index contributed by atoms with van der Waals surface area (Å²) >= 11 is 5.89. The Morgan fingerprint density at radius 3 is 2.88 bits per heavy atom. The van der Waals surface area contributed by atoms with Crippen molar-refractivity contribution in [2.75, 3.05) is 0 Å². The molecule has 2 aromatic heterocycles. The third-order valence-electron chi connectivity index (χ3n) is 2.02. The molecule has 0 bridgehead atoms. The van der Waals surface area contributed by atoms with Gasteiger partial charge in [-0.05, 0) is 12.1 Å². The monoisotopic (exact) mass is 233 g/mol. The molecular formula is C11H5ClFN3. The third-order valence-corrected chi connectivity index (χ3v) is 2.30. The number of pyridine rings is 2. The minimum absolute atomic E-state index is 0.0615. The number of nitrogens with zero attached hydrogens (tertiary/aromatic N) is 3. The molecule has 0 aromatic carbocycles. The van der Waals surface area contributed by atoms with Crippen molar-refractivity contribution in [2.45, 2.75) is 0 Å². The topological polar surface area (TPSA) is 49.6 Å². The number of hydrogen-bond acceptors (Lipinski definition) is 3. The first-order valence-corrected chi connectivity index (χ1v) is 4.76. The van der Waals surface area contributed by atoms with Crippen LogP contribution in [0.1, 0.15) is 5.56 Å². The second-order valence-electron chi connectivity index (χ2n) is 2.99. The van der Waals surface area contributed by atoms with Crippen LogP contribution in [-0.2, 0) is 0 Å². The van der Waals surface area contributed by atoms with Gasteiger partial charge in [0.15, 0.2) is 0 Å². The highest BCUT2D eigenvalue weighted by Gasteiger charge is 2.14. The van der Waals surface area contributed by atoms with Crippen LogP contribution in [0.3, 0.4) is 0 Å². The van der Waals surface area contributed by atoms with Crippen molar-refractivity contribution >= 4 is 11.6 Å². The van der Waals surface area contributed by atoms with Gasteiger partial charge in [0.2, 0.25) is 0 Å². The standard InChI is InChI=1S/C11H5ClFN3/c12-8-6-15-5-7(4-14)10(8)11-9(13)2-1-3-16-11/h1-3,5-6H. The number of hydrogen-bond donors (Lipinski definition) is 0. The van der Waals surface area contributed by atoms with Crippen molar-refractivity contribution in [2.24, 2.45) is 0 Å². The minimum Gasteiger partial charge on any atom is -0.262 e. The number of halogens is 2. The van der Waals surface area contributed by atoms with Crippen molar-refractivity contribution in [1.82, 2.24) is 9.97 Å². The highest BCUT2D eigenvalue weighted by atomic mass is 35.5. The average molecular weight is 234 g/mol. The smallest absolute Gasteiger partial charge is 0.149 e. The number of rotatable bonds is 1. The van der Waals surface area contributed by atoms with Crippen molar-refractivity contribution < 1.29 is 4.39 Å². The maximum Gasteiger partial charge on any atom is 0.149 e. The summed E-state index contributed by atoms with van der Waals surface area (Å²) in [7, 11) is 0. The molecule has 0 saturated carbocycles. The Bertz CT molecular complexity index is 578. The molecule has 0 aliphatic carbocycles. The molecule has 5 heteroatoms. The molecule has 0 amide bonds. The van der Waals surface area contributed by atoms with Crippen molar-refractivity contribution in [3.05, 3.63) is 47.1 Å². The molecule has 0 aliphatic heterocycles. The molecular weight excluding hydrogens is 229 g/mol. The molecule has 2 rings (SSSR count). The summed E-state index contributed by atoms with van der Waals surface area (Å²) in [6.07, 6.45) is 4.12. The average Bonchev–Trinajstić information content (AvgIpc) is 2.30. The van der Waals surface area contributed by atoms with Gasteiger partial charge in [0.1, 0.15) is 17.6 Å². The Hall–Kier alpha value is -1.99. The fraction of sp³-hybridized carbons (Fsp3) is 0. The van der Waals surface area contributed by atoms with E-state index in [9.17, 15) is 4.39 Å². The summed E-state index contributed by atoms with van der Waals surface area (Å²) in [5.41, 5.74) is 0.536. The zero-order valence-electron chi connectivity index (χ0n) is 7.98. The van der Waals surface area contributed by atoms with Crippen LogP contribution in [0.2, 0.25) is 5.02 Å². The Labute approximate surface area is 96.2 Å². The lowest BCUT2D eigenvalue weighted by molar-refractivity contribution is 0.625. The van der Waals surface area contributed by atoms with Gasteiger partial charge in [0.25, 0.3) is 0 Å². The summed E-state index contributed by atoms with van der Waals surface area (Å²) in [6, 6.07) is 4.64. The van der Waals surface area contributed by atoms with E-state index in [-0.39, 0.29) is 21.8 Å². The van der Waals surface area contributed by atoms with Gasteiger partial charge in [0, 0.05) is 24.2 Å². The van der Waals surface area contributed by atoms with Gasteiger partial charge in [-0.1, -0.05) is 11.6 Å². The molecule has 16 heavy (non-hydrogen) atoms. The first-order valence-electron chi connectivity index (χ1n) is 4.38. The molecule has 3 nitrogen and oxygen atoms in total. The Balaban J connectivity index is 2.75. The first-order chi connectivity index (χ1) is 7.74. The van der Waals surface area contributed by atoms with E-state index in [1.165, 1.54) is 30.7 Å². The number of aromatic nitrogens is 2. The van der Waals surface area contributed by atoms with E-state index in [1.54, 1.807) is 0 Å². The van der Waals surface area contributed by atoms with Crippen molar-refractivity contribution in [3.63, 3.8) is 0 Å². The van der Waals surface area contributed by atoms with Crippen LogP contribution in [0.25, 0.3) is 11.3 Å². The third kappa shape index (κ3) is 1.73. The number of nitriles is 1. The molecule has 0 spiro atoms. The van der Waals surface area contributed by atoms with Gasteiger partial charge in [-0.2, -0.15) is 5.26 Å². The largest absolute Gasteiger partial charge is 0.262 e. The Morgan fingerprint density at radius 1 is 1.38 bits per heavy atom. The minimum atomic E-state index is -0.521. The molecule has 78 valence electrons. The second-order valence-corrected chi connectivity index (χ2v) is 3.40. The van der Waals surface area contributed by atoms with E-state index in [1.807, 2.05) is 6.07 Å². The molecule has 0 atom stereocenters. The summed E-state index contributed by atoms with van der Waals surface area (Å²) in [4.78, 5) is 7.65. The fourth-order valence-corrected chi connectivity index (χ4v) is 1.58. The van der Waals surface area contributed by atoms with Gasteiger partial charge in [-0.15, -0.1) is 0 Å².